The molecule has 41 valence electrons. The summed E-state index contributed by atoms with van der Waals surface area (Å²) in [4.78, 5) is 0. The molecule has 7 heavy (non-hydrogen) atoms. The Hall–Kier alpha value is 0.730. The van der Waals surface area contributed by atoms with Crippen LogP contribution in [0.4, 0.5) is 0 Å². The van der Waals surface area contributed by atoms with Crippen LogP contribution in [0.2, 0.25) is 0 Å². The van der Waals surface area contributed by atoms with Gasteiger partial charge in [-0.25, -0.2) is 0 Å². The Morgan fingerprint density at radius 2 is 2.57 bits per heavy atom. The molecule has 0 bridgehead atoms. The summed E-state index contributed by atoms with van der Waals surface area (Å²) in [6.45, 7) is 0.759. The van der Waals surface area contributed by atoms with E-state index in [1.54, 1.807) is 0 Å². The van der Waals surface area contributed by atoms with Crippen molar-refractivity contribution < 1.29 is 4.74 Å². The number of rotatable bonds is 0. The van der Waals surface area contributed by atoms with Crippen LogP contribution in [0, 0.1) is 5.01 Å². The first-order chi connectivity index (χ1) is 3.30. The third kappa shape index (κ3) is 1.31. The van der Waals surface area contributed by atoms with Crippen LogP contribution in [-0.2, 0) is 4.74 Å². The monoisotopic (exact) mass is 183 g/mol. The molecule has 1 radical (unpaired) electrons. The molecule has 1 fully saturated rings. The summed E-state index contributed by atoms with van der Waals surface area (Å²) in [6.07, 6.45) is 0.933. The standard InChI is InChI=1S/C4H5BrClO/c5-4-3(6)1-2-7-4/h3H,1-2H2. The van der Waals surface area contributed by atoms with Gasteiger partial charge < -0.3 is 4.74 Å². The average molecular weight is 184 g/mol. The predicted octanol–water partition coefficient (Wildman–Crippen LogP) is 1.90. The van der Waals surface area contributed by atoms with Gasteiger partial charge in [0.2, 0.25) is 0 Å². The number of alkyl halides is 1. The first-order valence-corrected chi connectivity index (χ1v) is 3.33. The Kier molecular flexibility index (Phi) is 1.95. The Morgan fingerprint density at radius 1 is 1.86 bits per heavy atom. The van der Waals surface area contributed by atoms with Crippen molar-refractivity contribution in [2.75, 3.05) is 6.61 Å². The number of ether oxygens (including phenoxy) is 1. The van der Waals surface area contributed by atoms with Crippen LogP contribution in [0.15, 0.2) is 0 Å². The predicted molar refractivity (Wildman–Crippen MR) is 32.4 cm³/mol. The van der Waals surface area contributed by atoms with Gasteiger partial charge >= 0.3 is 0 Å². The molecule has 1 saturated heterocycles. The van der Waals surface area contributed by atoms with Gasteiger partial charge in [0.25, 0.3) is 0 Å². The molecule has 0 aliphatic carbocycles. The van der Waals surface area contributed by atoms with Gasteiger partial charge in [0.15, 0.2) is 5.01 Å². The minimum absolute atomic E-state index is 0.0972. The second kappa shape index (κ2) is 2.33. The summed E-state index contributed by atoms with van der Waals surface area (Å²) >= 11 is 8.82. The van der Waals surface area contributed by atoms with E-state index in [1.165, 1.54) is 0 Å². The third-order valence-corrected chi connectivity index (χ3v) is 2.32. The highest BCUT2D eigenvalue weighted by Gasteiger charge is 2.24. The maximum absolute atomic E-state index is 5.65. The van der Waals surface area contributed by atoms with Crippen LogP contribution in [-0.4, -0.2) is 12.0 Å². The molecular formula is C4H5BrClO. The fraction of sp³-hybridized carbons (Fsp3) is 0.750. The van der Waals surface area contributed by atoms with Gasteiger partial charge in [-0.15, -0.1) is 11.6 Å². The summed E-state index contributed by atoms with van der Waals surface area (Å²) in [7, 11) is 0. The summed E-state index contributed by atoms with van der Waals surface area (Å²) in [5.74, 6) is 0. The lowest BCUT2D eigenvalue weighted by Crippen LogP contribution is -1.94. The van der Waals surface area contributed by atoms with E-state index in [0.29, 0.717) is 0 Å². The van der Waals surface area contributed by atoms with E-state index >= 15 is 0 Å². The second-order valence-electron chi connectivity index (χ2n) is 1.41. The number of halogens is 2. The normalized spacial score (nSPS) is 34.3. The van der Waals surface area contributed by atoms with Crippen molar-refractivity contribution >= 4 is 27.5 Å². The SMILES string of the molecule is ClC1CCO[C]1Br. The van der Waals surface area contributed by atoms with Crippen LogP contribution >= 0.6 is 27.5 Å². The molecule has 3 heteroatoms. The minimum Gasteiger partial charge on any atom is -0.358 e. The van der Waals surface area contributed by atoms with E-state index in [1.807, 2.05) is 0 Å². The van der Waals surface area contributed by atoms with E-state index in [-0.39, 0.29) is 5.38 Å². The molecular weight excluding hydrogens is 179 g/mol. The molecule has 1 heterocycles. The van der Waals surface area contributed by atoms with Crippen LogP contribution in [0.1, 0.15) is 6.42 Å². The Labute approximate surface area is 56.1 Å². The Bertz CT molecular complexity index is 60.7. The summed E-state index contributed by atoms with van der Waals surface area (Å²) < 4.78 is 4.97. The minimum atomic E-state index is 0.0972. The van der Waals surface area contributed by atoms with Crippen LogP contribution in [0.25, 0.3) is 0 Å². The largest absolute Gasteiger partial charge is 0.358 e. The molecule has 0 N–H and O–H groups in total. The van der Waals surface area contributed by atoms with Crippen molar-refractivity contribution in [1.29, 1.82) is 0 Å². The molecule has 1 aliphatic rings. The molecule has 0 aromatic carbocycles. The van der Waals surface area contributed by atoms with Crippen LogP contribution in [0.3, 0.4) is 0 Å². The van der Waals surface area contributed by atoms with Gasteiger partial charge in [0, 0.05) is 0 Å². The van der Waals surface area contributed by atoms with Gasteiger partial charge in [0.05, 0.1) is 12.0 Å². The molecule has 1 unspecified atom stereocenters. The number of hydrogen-bond donors (Lipinski definition) is 0. The third-order valence-electron chi connectivity index (χ3n) is 0.858. The first kappa shape index (κ1) is 5.86. The Morgan fingerprint density at radius 3 is 2.71 bits per heavy atom. The maximum atomic E-state index is 5.65. The quantitative estimate of drug-likeness (QED) is 0.523. The highest BCUT2D eigenvalue weighted by molar-refractivity contribution is 9.11. The lowest BCUT2D eigenvalue weighted by Gasteiger charge is -1.97. The molecule has 1 aliphatic heterocycles. The van der Waals surface area contributed by atoms with Crippen molar-refractivity contribution in [3.63, 3.8) is 0 Å². The molecule has 0 amide bonds. The molecule has 0 spiro atoms. The zero-order valence-corrected chi connectivity index (χ0v) is 6.00. The lowest BCUT2D eigenvalue weighted by atomic mass is 10.4. The first-order valence-electron chi connectivity index (χ1n) is 2.10. The van der Waals surface area contributed by atoms with Crippen molar-refractivity contribution in [3.05, 3.63) is 5.01 Å². The van der Waals surface area contributed by atoms with E-state index in [9.17, 15) is 0 Å². The summed E-state index contributed by atoms with van der Waals surface area (Å²) in [5.41, 5.74) is 0. The molecule has 1 atom stereocenters. The molecule has 0 aromatic rings. The highest BCUT2D eigenvalue weighted by Crippen LogP contribution is 2.30. The lowest BCUT2D eigenvalue weighted by molar-refractivity contribution is 0.243. The van der Waals surface area contributed by atoms with Gasteiger partial charge in [-0.3, -0.25) is 0 Å². The van der Waals surface area contributed by atoms with Crippen molar-refractivity contribution in [3.8, 4) is 0 Å². The van der Waals surface area contributed by atoms with Crippen LogP contribution in [0.5, 0.6) is 0 Å². The average Bonchev–Trinajstić information content (AvgIpc) is 1.91. The second-order valence-corrected chi connectivity index (χ2v) is 2.72. The Balaban J connectivity index is 2.33. The van der Waals surface area contributed by atoms with Crippen LogP contribution < -0.4 is 0 Å². The maximum Gasteiger partial charge on any atom is 0.179 e. The summed E-state index contributed by atoms with van der Waals surface area (Å²) in [5, 5.41) is 0.883. The van der Waals surface area contributed by atoms with E-state index < -0.39 is 0 Å². The van der Waals surface area contributed by atoms with E-state index in [4.69, 9.17) is 16.3 Å². The molecule has 0 saturated carbocycles. The van der Waals surface area contributed by atoms with E-state index in [0.717, 1.165) is 18.0 Å². The molecule has 1 rings (SSSR count). The molecule has 0 aromatic heterocycles. The van der Waals surface area contributed by atoms with Gasteiger partial charge in [0.1, 0.15) is 0 Å². The van der Waals surface area contributed by atoms with Gasteiger partial charge in [-0.2, -0.15) is 0 Å². The molecule has 1 nitrogen and oxygen atoms in total. The van der Waals surface area contributed by atoms with Crippen molar-refractivity contribution in [2.45, 2.75) is 11.8 Å². The van der Waals surface area contributed by atoms with Crippen molar-refractivity contribution in [1.82, 2.24) is 0 Å². The van der Waals surface area contributed by atoms with Crippen molar-refractivity contribution in [2.24, 2.45) is 0 Å². The zero-order chi connectivity index (χ0) is 5.28. The fourth-order valence-electron chi connectivity index (χ4n) is 0.464. The fourth-order valence-corrected chi connectivity index (χ4v) is 1.01. The van der Waals surface area contributed by atoms with Gasteiger partial charge in [-0.05, 0) is 22.4 Å². The highest BCUT2D eigenvalue weighted by atomic mass is 79.9. The smallest absolute Gasteiger partial charge is 0.179 e. The topological polar surface area (TPSA) is 9.23 Å². The van der Waals surface area contributed by atoms with Gasteiger partial charge in [-0.1, -0.05) is 0 Å². The zero-order valence-electron chi connectivity index (χ0n) is 3.66. The number of hydrogen-bond acceptors (Lipinski definition) is 1. The summed E-state index contributed by atoms with van der Waals surface area (Å²) in [6, 6.07) is 0. The van der Waals surface area contributed by atoms with E-state index in [2.05, 4.69) is 15.9 Å².